The van der Waals surface area contributed by atoms with Crippen LogP contribution in [0, 0.1) is 17.3 Å². The van der Waals surface area contributed by atoms with E-state index in [0.29, 0.717) is 12.3 Å². The zero-order chi connectivity index (χ0) is 12.0. The highest BCUT2D eigenvalue weighted by Gasteiger charge is 2.75. The van der Waals surface area contributed by atoms with Crippen LogP contribution in [0.15, 0.2) is 35.5 Å². The van der Waals surface area contributed by atoms with Crippen molar-refractivity contribution in [2.24, 2.45) is 22.4 Å². The van der Waals surface area contributed by atoms with Gasteiger partial charge in [-0.15, -0.1) is 0 Å². The van der Waals surface area contributed by atoms with Crippen LogP contribution in [-0.4, -0.2) is 23.5 Å². The van der Waals surface area contributed by atoms with Crippen molar-refractivity contribution in [1.82, 2.24) is 0 Å². The van der Waals surface area contributed by atoms with Gasteiger partial charge in [0.25, 0.3) is 0 Å². The molecule has 0 bridgehead atoms. The molecule has 2 fully saturated rings. The van der Waals surface area contributed by atoms with Gasteiger partial charge in [0.2, 0.25) is 0 Å². The third-order valence-electron chi connectivity index (χ3n) is 4.07. The largest absolute Gasteiger partial charge is 0.465 e. The summed E-state index contributed by atoms with van der Waals surface area (Å²) in [5.41, 5.74) is 0.511. The molecule has 0 radical (unpaired) electrons. The lowest BCUT2D eigenvalue weighted by Crippen LogP contribution is -2.28. The van der Waals surface area contributed by atoms with E-state index in [2.05, 4.69) is 5.16 Å². The molecule has 1 aromatic rings. The van der Waals surface area contributed by atoms with E-state index in [1.54, 1.807) is 0 Å². The minimum atomic E-state index is -0.712. The molecule has 1 N–H and O–H groups in total. The first kappa shape index (κ1) is 10.3. The van der Waals surface area contributed by atoms with E-state index in [1.807, 2.05) is 37.3 Å². The molecule has 1 aromatic carbocycles. The Morgan fingerprint density at radius 1 is 1.47 bits per heavy atom. The lowest BCUT2D eigenvalue weighted by molar-refractivity contribution is -0.143. The Labute approximate surface area is 98.9 Å². The highest BCUT2D eigenvalue weighted by atomic mass is 16.5. The number of hydrogen-bond donors (Lipinski definition) is 1. The second-order valence-electron chi connectivity index (χ2n) is 4.68. The van der Waals surface area contributed by atoms with Gasteiger partial charge in [-0.3, -0.25) is 4.79 Å². The summed E-state index contributed by atoms with van der Waals surface area (Å²) in [4.78, 5) is 11.9. The zero-order valence-corrected chi connectivity index (χ0v) is 9.46. The highest BCUT2D eigenvalue weighted by Crippen LogP contribution is 2.64. The van der Waals surface area contributed by atoms with Gasteiger partial charge in [-0.1, -0.05) is 42.4 Å². The minimum Gasteiger partial charge on any atom is -0.465 e. The smallest absolute Gasteiger partial charge is 0.319 e. The Morgan fingerprint density at radius 3 is 2.71 bits per heavy atom. The Morgan fingerprint density at radius 2 is 2.18 bits per heavy atom. The number of esters is 1. The van der Waals surface area contributed by atoms with E-state index in [1.165, 1.54) is 0 Å². The fourth-order valence-electron chi connectivity index (χ4n) is 3.01. The van der Waals surface area contributed by atoms with Crippen LogP contribution in [0.1, 0.15) is 12.5 Å². The summed E-state index contributed by atoms with van der Waals surface area (Å²) < 4.78 is 5.06. The average molecular weight is 231 g/mol. The average Bonchev–Trinajstić information content (AvgIpc) is 2.77. The van der Waals surface area contributed by atoms with Gasteiger partial charge in [-0.05, 0) is 5.92 Å². The Kier molecular flexibility index (Phi) is 2.02. The normalized spacial score (nSPS) is 35.4. The van der Waals surface area contributed by atoms with Gasteiger partial charge in [0.15, 0.2) is 0 Å². The van der Waals surface area contributed by atoms with Crippen molar-refractivity contribution in [2.45, 2.75) is 6.92 Å². The second kappa shape index (κ2) is 3.32. The molecule has 4 nitrogen and oxygen atoms in total. The molecule has 0 unspecified atom stereocenters. The van der Waals surface area contributed by atoms with Crippen molar-refractivity contribution in [3.05, 3.63) is 35.9 Å². The third kappa shape index (κ3) is 1.12. The standard InChI is InChI=1S/C13H13NO3/c1-8-10-7-17-12(15)13(8,10)11(14-16)9-5-3-2-4-6-9/h2-6,8,10,16H,7H2,1H3/b14-11-/t8-,10+,13-/m1/s1. The molecule has 1 aliphatic heterocycles. The maximum absolute atomic E-state index is 11.9. The Bertz CT molecular complexity index is 497. The van der Waals surface area contributed by atoms with E-state index < -0.39 is 5.41 Å². The first-order chi connectivity index (χ1) is 8.22. The molecule has 1 saturated heterocycles. The van der Waals surface area contributed by atoms with Crippen molar-refractivity contribution >= 4 is 11.7 Å². The summed E-state index contributed by atoms with van der Waals surface area (Å²) in [5, 5.41) is 12.6. The zero-order valence-electron chi connectivity index (χ0n) is 9.46. The quantitative estimate of drug-likeness (QED) is 0.364. The predicted octanol–water partition coefficient (Wildman–Crippen LogP) is 1.67. The first-order valence-corrected chi connectivity index (χ1v) is 5.68. The predicted molar refractivity (Wildman–Crippen MR) is 60.8 cm³/mol. The lowest BCUT2D eigenvalue weighted by Gasteiger charge is -2.13. The van der Waals surface area contributed by atoms with Gasteiger partial charge >= 0.3 is 5.97 Å². The van der Waals surface area contributed by atoms with Crippen molar-refractivity contribution in [3.8, 4) is 0 Å². The highest BCUT2D eigenvalue weighted by molar-refractivity contribution is 6.19. The summed E-state index contributed by atoms with van der Waals surface area (Å²) in [7, 11) is 0. The molecule has 1 heterocycles. The molecule has 3 rings (SSSR count). The molecule has 3 atom stereocenters. The van der Waals surface area contributed by atoms with Crippen LogP contribution in [-0.2, 0) is 9.53 Å². The SMILES string of the molecule is C[C@@H]1[C@@H]2COC(=O)[C@]12/C(=N\O)c1ccccc1. The van der Waals surface area contributed by atoms with Crippen molar-refractivity contribution in [3.63, 3.8) is 0 Å². The molecule has 88 valence electrons. The van der Waals surface area contributed by atoms with Crippen LogP contribution >= 0.6 is 0 Å². The number of cyclic esters (lactones) is 1. The van der Waals surface area contributed by atoms with Crippen LogP contribution < -0.4 is 0 Å². The Balaban J connectivity index is 2.07. The number of fused-ring (bicyclic) bond motifs is 1. The maximum atomic E-state index is 11.9. The van der Waals surface area contributed by atoms with Gasteiger partial charge in [-0.25, -0.2) is 0 Å². The number of oxime groups is 1. The number of nitrogens with zero attached hydrogens (tertiary/aromatic N) is 1. The second-order valence-corrected chi connectivity index (χ2v) is 4.68. The van der Waals surface area contributed by atoms with Gasteiger partial charge in [0.05, 0.1) is 6.61 Å². The number of hydrogen-bond acceptors (Lipinski definition) is 4. The first-order valence-electron chi connectivity index (χ1n) is 5.68. The molecule has 0 spiro atoms. The van der Waals surface area contributed by atoms with Crippen LogP contribution in [0.5, 0.6) is 0 Å². The number of carbonyl (C=O) groups excluding carboxylic acids is 1. The van der Waals surface area contributed by atoms with Crippen LogP contribution in [0.2, 0.25) is 0 Å². The van der Waals surface area contributed by atoms with Crippen molar-refractivity contribution in [2.75, 3.05) is 6.61 Å². The molecule has 2 aliphatic rings. The maximum Gasteiger partial charge on any atom is 0.319 e. The van der Waals surface area contributed by atoms with Crippen LogP contribution in [0.3, 0.4) is 0 Å². The van der Waals surface area contributed by atoms with E-state index in [0.717, 1.165) is 5.56 Å². The van der Waals surface area contributed by atoms with E-state index in [9.17, 15) is 10.0 Å². The number of rotatable bonds is 2. The number of benzene rings is 1. The molecule has 1 aliphatic carbocycles. The molecule has 0 amide bonds. The molecule has 0 aromatic heterocycles. The van der Waals surface area contributed by atoms with Gasteiger partial charge in [0, 0.05) is 11.5 Å². The topological polar surface area (TPSA) is 58.9 Å². The van der Waals surface area contributed by atoms with Gasteiger partial charge in [-0.2, -0.15) is 0 Å². The summed E-state index contributed by atoms with van der Waals surface area (Å²) in [6.07, 6.45) is 0. The molecule has 1 saturated carbocycles. The molecule has 17 heavy (non-hydrogen) atoms. The van der Waals surface area contributed by atoms with Gasteiger partial charge in [0.1, 0.15) is 11.1 Å². The van der Waals surface area contributed by atoms with Crippen molar-refractivity contribution < 1.29 is 14.7 Å². The summed E-state index contributed by atoms with van der Waals surface area (Å²) in [6, 6.07) is 9.30. The summed E-state index contributed by atoms with van der Waals surface area (Å²) in [6.45, 7) is 2.44. The molecular formula is C13H13NO3. The molecule has 4 heteroatoms. The fourth-order valence-corrected chi connectivity index (χ4v) is 3.01. The van der Waals surface area contributed by atoms with Crippen LogP contribution in [0.25, 0.3) is 0 Å². The van der Waals surface area contributed by atoms with Crippen LogP contribution in [0.4, 0.5) is 0 Å². The lowest BCUT2D eigenvalue weighted by atomic mass is 9.91. The number of carbonyl (C=O) groups is 1. The van der Waals surface area contributed by atoms with Gasteiger partial charge < -0.3 is 9.94 Å². The minimum absolute atomic E-state index is 0.154. The molecular weight excluding hydrogens is 218 g/mol. The van der Waals surface area contributed by atoms with E-state index in [4.69, 9.17) is 4.74 Å². The Hall–Kier alpha value is -1.84. The summed E-state index contributed by atoms with van der Waals surface area (Å²) >= 11 is 0. The van der Waals surface area contributed by atoms with E-state index in [-0.39, 0.29) is 17.8 Å². The van der Waals surface area contributed by atoms with E-state index >= 15 is 0 Å². The monoisotopic (exact) mass is 231 g/mol. The number of ether oxygens (including phenoxy) is 1. The third-order valence-corrected chi connectivity index (χ3v) is 4.07. The fraction of sp³-hybridized carbons (Fsp3) is 0.385. The summed E-state index contributed by atoms with van der Waals surface area (Å²) in [5.74, 6) is 0.0858. The van der Waals surface area contributed by atoms with Crippen molar-refractivity contribution in [1.29, 1.82) is 0 Å².